The summed E-state index contributed by atoms with van der Waals surface area (Å²) in [6, 6.07) is 17.2. The molecule has 2 aromatic carbocycles. The summed E-state index contributed by atoms with van der Waals surface area (Å²) in [6.45, 7) is 6.74. The van der Waals surface area contributed by atoms with Crippen LogP contribution in [0.2, 0.25) is 0 Å². The van der Waals surface area contributed by atoms with E-state index in [0.29, 0.717) is 25.2 Å². The van der Waals surface area contributed by atoms with Crippen LogP contribution in [0.1, 0.15) is 59.3 Å². The highest BCUT2D eigenvalue weighted by Gasteiger charge is 2.48. The molecule has 0 aliphatic carbocycles. The molecule has 0 radical (unpaired) electrons. The molecule has 0 saturated heterocycles. The summed E-state index contributed by atoms with van der Waals surface area (Å²) in [5.74, 6) is -1.08. The number of aryl methyl sites for hydroxylation is 1. The Bertz CT molecular complexity index is 1220. The van der Waals surface area contributed by atoms with E-state index in [1.54, 1.807) is 16.4 Å². The minimum atomic E-state index is -1.11. The number of nitrogens with one attached hydrogen (secondary N) is 2. The van der Waals surface area contributed by atoms with Crippen molar-refractivity contribution in [2.24, 2.45) is 0 Å². The summed E-state index contributed by atoms with van der Waals surface area (Å²) in [5.41, 5.74) is 1.92. The average molecular weight is 474 g/mol. The first-order valence-electron chi connectivity index (χ1n) is 12.0. The molecular formula is C27H31N5O3. The summed E-state index contributed by atoms with van der Waals surface area (Å²) in [7, 11) is 0. The van der Waals surface area contributed by atoms with Gasteiger partial charge in [-0.25, -0.2) is 4.98 Å². The minimum absolute atomic E-state index is 0.0578. The van der Waals surface area contributed by atoms with E-state index >= 15 is 0 Å². The third-order valence-electron chi connectivity index (χ3n) is 6.43. The number of carbonyl (C=O) groups is 3. The maximum atomic E-state index is 13.6. The summed E-state index contributed by atoms with van der Waals surface area (Å²) >= 11 is 0. The third kappa shape index (κ3) is 4.82. The number of fused-ring (bicyclic) bond motifs is 1. The first kappa shape index (κ1) is 24.2. The van der Waals surface area contributed by atoms with Gasteiger partial charge < -0.3 is 20.1 Å². The quantitative estimate of drug-likeness (QED) is 0.522. The number of benzene rings is 2. The van der Waals surface area contributed by atoms with Crippen LogP contribution in [0.5, 0.6) is 0 Å². The zero-order valence-corrected chi connectivity index (χ0v) is 20.4. The van der Waals surface area contributed by atoms with Crippen LogP contribution < -0.4 is 10.6 Å². The first-order valence-corrected chi connectivity index (χ1v) is 12.0. The fraction of sp³-hybridized carbons (Fsp3) is 0.333. The molecule has 8 nitrogen and oxygen atoms in total. The molecule has 182 valence electrons. The SMILES string of the molecule is CCCN1C(=O)c2c(C(=O)Nc3ccc(CC)cc3)ncn2C[C@]1(C)C(=O)NCc1ccccc1. The van der Waals surface area contributed by atoms with Crippen molar-refractivity contribution in [1.29, 1.82) is 0 Å². The van der Waals surface area contributed by atoms with Crippen LogP contribution in [-0.4, -0.2) is 44.3 Å². The van der Waals surface area contributed by atoms with Gasteiger partial charge in [0, 0.05) is 18.8 Å². The smallest absolute Gasteiger partial charge is 0.276 e. The van der Waals surface area contributed by atoms with Crippen LogP contribution >= 0.6 is 0 Å². The first-order chi connectivity index (χ1) is 16.9. The highest BCUT2D eigenvalue weighted by Crippen LogP contribution is 2.29. The van der Waals surface area contributed by atoms with Crippen molar-refractivity contribution in [3.8, 4) is 0 Å². The molecule has 1 aromatic heterocycles. The van der Waals surface area contributed by atoms with Crippen molar-refractivity contribution < 1.29 is 14.4 Å². The second kappa shape index (κ2) is 10.1. The predicted octanol–water partition coefficient (Wildman–Crippen LogP) is 3.64. The molecule has 8 heteroatoms. The lowest BCUT2D eigenvalue weighted by atomic mass is 9.94. The van der Waals surface area contributed by atoms with Crippen LogP contribution in [0.25, 0.3) is 0 Å². The molecule has 4 rings (SSSR count). The molecule has 0 spiro atoms. The zero-order valence-electron chi connectivity index (χ0n) is 20.4. The summed E-state index contributed by atoms with van der Waals surface area (Å²) in [5, 5.41) is 5.80. The Labute approximate surface area is 205 Å². The van der Waals surface area contributed by atoms with Crippen molar-refractivity contribution in [2.45, 2.75) is 52.2 Å². The van der Waals surface area contributed by atoms with Gasteiger partial charge in [0.25, 0.3) is 11.8 Å². The summed E-state index contributed by atoms with van der Waals surface area (Å²) in [4.78, 5) is 45.8. The average Bonchev–Trinajstić information content (AvgIpc) is 3.30. The third-order valence-corrected chi connectivity index (χ3v) is 6.43. The zero-order chi connectivity index (χ0) is 25.0. The van der Waals surface area contributed by atoms with E-state index < -0.39 is 11.4 Å². The van der Waals surface area contributed by atoms with Crippen LogP contribution in [0.3, 0.4) is 0 Å². The van der Waals surface area contributed by atoms with Crippen LogP contribution in [0.15, 0.2) is 60.9 Å². The molecule has 0 fully saturated rings. The van der Waals surface area contributed by atoms with Crippen LogP contribution in [0, 0.1) is 0 Å². The number of imidazole rings is 1. The Hall–Kier alpha value is -3.94. The van der Waals surface area contributed by atoms with Gasteiger partial charge in [-0.1, -0.05) is 56.3 Å². The molecule has 3 amide bonds. The van der Waals surface area contributed by atoms with Crippen LogP contribution in [0.4, 0.5) is 5.69 Å². The number of hydrogen-bond donors (Lipinski definition) is 2. The number of carbonyl (C=O) groups excluding carboxylic acids is 3. The van der Waals surface area contributed by atoms with Gasteiger partial charge in [-0.3, -0.25) is 14.4 Å². The number of nitrogens with zero attached hydrogens (tertiary/aromatic N) is 3. The maximum Gasteiger partial charge on any atom is 0.276 e. The van der Waals surface area contributed by atoms with E-state index in [2.05, 4.69) is 22.5 Å². The van der Waals surface area contributed by atoms with Gasteiger partial charge in [0.15, 0.2) is 5.69 Å². The highest BCUT2D eigenvalue weighted by molar-refractivity contribution is 6.11. The van der Waals surface area contributed by atoms with Gasteiger partial charge in [0.1, 0.15) is 11.2 Å². The number of aromatic nitrogens is 2. The van der Waals surface area contributed by atoms with Gasteiger partial charge in [-0.15, -0.1) is 0 Å². The molecule has 0 unspecified atom stereocenters. The lowest BCUT2D eigenvalue weighted by Gasteiger charge is -2.43. The molecule has 0 saturated carbocycles. The van der Waals surface area contributed by atoms with E-state index in [0.717, 1.165) is 17.5 Å². The van der Waals surface area contributed by atoms with Gasteiger partial charge in [0.2, 0.25) is 5.91 Å². The lowest BCUT2D eigenvalue weighted by molar-refractivity contribution is -0.133. The predicted molar refractivity (Wildman–Crippen MR) is 134 cm³/mol. The fourth-order valence-corrected chi connectivity index (χ4v) is 4.41. The van der Waals surface area contributed by atoms with Gasteiger partial charge in [0.05, 0.1) is 12.9 Å². The number of rotatable bonds is 8. The van der Waals surface area contributed by atoms with Gasteiger partial charge in [-0.05, 0) is 43.0 Å². The number of anilines is 1. The second-order valence-corrected chi connectivity index (χ2v) is 8.97. The largest absolute Gasteiger partial charge is 0.350 e. The van der Waals surface area contributed by atoms with E-state index in [-0.39, 0.29) is 29.7 Å². The normalized spacial score (nSPS) is 17.1. The summed E-state index contributed by atoms with van der Waals surface area (Å²) < 4.78 is 1.62. The van der Waals surface area contributed by atoms with E-state index in [9.17, 15) is 14.4 Å². The molecule has 35 heavy (non-hydrogen) atoms. The van der Waals surface area contributed by atoms with Crippen molar-refractivity contribution >= 4 is 23.4 Å². The Kier molecular flexibility index (Phi) is 7.00. The van der Waals surface area contributed by atoms with Crippen molar-refractivity contribution in [1.82, 2.24) is 19.8 Å². The summed E-state index contributed by atoms with van der Waals surface area (Å²) in [6.07, 6.45) is 3.04. The molecule has 2 N–H and O–H groups in total. The Balaban J connectivity index is 1.57. The van der Waals surface area contributed by atoms with E-state index in [1.165, 1.54) is 6.33 Å². The topological polar surface area (TPSA) is 96.3 Å². The fourth-order valence-electron chi connectivity index (χ4n) is 4.41. The number of hydrogen-bond acceptors (Lipinski definition) is 4. The molecule has 0 bridgehead atoms. The minimum Gasteiger partial charge on any atom is -0.350 e. The van der Waals surface area contributed by atoms with Crippen molar-refractivity contribution in [3.05, 3.63) is 83.4 Å². The van der Waals surface area contributed by atoms with Gasteiger partial charge in [-0.2, -0.15) is 0 Å². The molecule has 3 aromatic rings. The molecular weight excluding hydrogens is 442 g/mol. The standard InChI is InChI=1S/C27H31N5O3/c1-4-15-32-25(34)23-22(24(33)30-21-13-11-19(5-2)12-14-21)29-18-31(23)17-27(32,3)26(35)28-16-20-9-7-6-8-10-20/h6-14,18H,4-5,15-17H2,1-3H3,(H,28,35)(H,30,33)/t27-/m1/s1. The Morgan fingerprint density at radius 2 is 1.74 bits per heavy atom. The van der Waals surface area contributed by atoms with E-state index in [1.807, 2.05) is 61.5 Å². The highest BCUT2D eigenvalue weighted by atomic mass is 16.2. The van der Waals surface area contributed by atoms with Crippen LogP contribution in [-0.2, 0) is 24.3 Å². The Morgan fingerprint density at radius 1 is 1.03 bits per heavy atom. The number of amides is 3. The molecule has 2 heterocycles. The Morgan fingerprint density at radius 3 is 2.40 bits per heavy atom. The van der Waals surface area contributed by atoms with Gasteiger partial charge >= 0.3 is 0 Å². The molecule has 1 atom stereocenters. The maximum absolute atomic E-state index is 13.6. The molecule has 1 aliphatic heterocycles. The van der Waals surface area contributed by atoms with E-state index in [4.69, 9.17) is 0 Å². The van der Waals surface area contributed by atoms with Crippen molar-refractivity contribution in [2.75, 3.05) is 11.9 Å². The van der Waals surface area contributed by atoms with Crippen molar-refractivity contribution in [3.63, 3.8) is 0 Å². The second-order valence-electron chi connectivity index (χ2n) is 8.97. The molecule has 1 aliphatic rings. The lowest BCUT2D eigenvalue weighted by Crippen LogP contribution is -2.64. The monoisotopic (exact) mass is 473 g/mol.